The smallest absolute Gasteiger partial charge is 0.253 e. The molecule has 2 fully saturated rings. The highest BCUT2D eigenvalue weighted by Gasteiger charge is 2.39. The van der Waals surface area contributed by atoms with E-state index >= 15 is 0 Å². The molecule has 0 radical (unpaired) electrons. The number of nitrogens with zero attached hydrogens (tertiary/aromatic N) is 1. The van der Waals surface area contributed by atoms with Crippen LogP contribution in [0.4, 0.5) is 0 Å². The largest absolute Gasteiger partial charge is 0.494 e. The molecule has 1 aromatic carbocycles. The number of ether oxygens (including phenoxy) is 2. The summed E-state index contributed by atoms with van der Waals surface area (Å²) in [4.78, 5) is 15.0. The Morgan fingerprint density at radius 2 is 2.29 bits per heavy atom. The van der Waals surface area contributed by atoms with Crippen LogP contribution in [0.3, 0.4) is 0 Å². The fourth-order valence-electron chi connectivity index (χ4n) is 3.17. The number of morpholine rings is 1. The molecule has 0 aromatic heterocycles. The third kappa shape index (κ3) is 4.08. The molecule has 2 aliphatic rings. The van der Waals surface area contributed by atoms with Crippen LogP contribution in [0.25, 0.3) is 0 Å². The maximum absolute atomic E-state index is 13.0. The van der Waals surface area contributed by atoms with Gasteiger partial charge in [-0.05, 0) is 43.9 Å². The molecule has 24 heavy (non-hydrogen) atoms. The minimum absolute atomic E-state index is 0.0284. The van der Waals surface area contributed by atoms with Crippen molar-refractivity contribution in [2.24, 2.45) is 0 Å². The Labute approximate surface area is 144 Å². The van der Waals surface area contributed by atoms with Gasteiger partial charge in [-0.1, -0.05) is 19.1 Å². The minimum atomic E-state index is -0.360. The second kappa shape index (κ2) is 7.99. The molecule has 1 heterocycles. The molecule has 5 heteroatoms. The van der Waals surface area contributed by atoms with Gasteiger partial charge >= 0.3 is 0 Å². The van der Waals surface area contributed by atoms with Gasteiger partial charge in [0.25, 0.3) is 5.91 Å². The van der Waals surface area contributed by atoms with Crippen LogP contribution in [0.5, 0.6) is 5.75 Å². The highest BCUT2D eigenvalue weighted by atomic mass is 16.5. The van der Waals surface area contributed by atoms with Gasteiger partial charge in [0, 0.05) is 19.1 Å². The zero-order valence-electron chi connectivity index (χ0n) is 14.7. The second-order valence-electron chi connectivity index (χ2n) is 6.64. The third-order valence-corrected chi connectivity index (χ3v) is 4.63. The van der Waals surface area contributed by atoms with Crippen molar-refractivity contribution in [3.8, 4) is 5.75 Å². The molecule has 1 unspecified atom stereocenters. The van der Waals surface area contributed by atoms with E-state index in [0.717, 1.165) is 37.1 Å². The number of nitrogens with one attached hydrogen (secondary N) is 1. The van der Waals surface area contributed by atoms with Crippen molar-refractivity contribution in [1.29, 1.82) is 0 Å². The van der Waals surface area contributed by atoms with Crippen LogP contribution in [0, 0.1) is 0 Å². The quantitative estimate of drug-likeness (QED) is 0.833. The van der Waals surface area contributed by atoms with E-state index < -0.39 is 0 Å². The predicted octanol–water partition coefficient (Wildman–Crippen LogP) is 2.52. The van der Waals surface area contributed by atoms with Crippen molar-refractivity contribution in [2.45, 2.75) is 51.3 Å². The van der Waals surface area contributed by atoms with Gasteiger partial charge in [-0.15, -0.1) is 0 Å². The van der Waals surface area contributed by atoms with Crippen LogP contribution < -0.4 is 10.1 Å². The summed E-state index contributed by atoms with van der Waals surface area (Å²) in [7, 11) is 0. The molecule has 2 atom stereocenters. The van der Waals surface area contributed by atoms with E-state index in [-0.39, 0.29) is 18.1 Å². The van der Waals surface area contributed by atoms with Crippen LogP contribution in [0.1, 0.15) is 44.7 Å². The standard InChI is InChI=1S/C19H28N2O3/c1-3-10-23-17-6-4-5-15(12-17)14(2)21(16-7-8-16)19(22)18-13-20-9-11-24-18/h4-6,12,14,16,18,20H,3,7-11,13H2,1-2H3/t14?,18-/m1/s1. The number of rotatable bonds is 7. The summed E-state index contributed by atoms with van der Waals surface area (Å²) in [5.74, 6) is 0.983. The summed E-state index contributed by atoms with van der Waals surface area (Å²) in [6.07, 6.45) is 2.80. The average molecular weight is 332 g/mol. The monoisotopic (exact) mass is 332 g/mol. The maximum Gasteiger partial charge on any atom is 0.253 e. The first kappa shape index (κ1) is 17.2. The van der Waals surface area contributed by atoms with Gasteiger partial charge in [-0.2, -0.15) is 0 Å². The van der Waals surface area contributed by atoms with Crippen LogP contribution in [-0.4, -0.2) is 49.3 Å². The lowest BCUT2D eigenvalue weighted by molar-refractivity contribution is -0.148. The Morgan fingerprint density at radius 3 is 2.96 bits per heavy atom. The van der Waals surface area contributed by atoms with E-state index in [1.165, 1.54) is 0 Å². The van der Waals surface area contributed by atoms with Gasteiger partial charge < -0.3 is 19.7 Å². The normalized spacial score (nSPS) is 22.0. The lowest BCUT2D eigenvalue weighted by atomic mass is 10.1. The Bertz CT molecular complexity index is 553. The molecule has 1 aliphatic carbocycles. The number of amides is 1. The zero-order chi connectivity index (χ0) is 16.9. The fraction of sp³-hybridized carbons (Fsp3) is 0.632. The maximum atomic E-state index is 13.0. The van der Waals surface area contributed by atoms with Crippen molar-refractivity contribution in [2.75, 3.05) is 26.3 Å². The second-order valence-corrected chi connectivity index (χ2v) is 6.64. The van der Waals surface area contributed by atoms with Gasteiger partial charge in [0.15, 0.2) is 0 Å². The molecule has 0 bridgehead atoms. The van der Waals surface area contributed by atoms with E-state index in [1.54, 1.807) is 0 Å². The number of hydrogen-bond donors (Lipinski definition) is 1. The topological polar surface area (TPSA) is 50.8 Å². The van der Waals surface area contributed by atoms with Gasteiger partial charge in [-0.3, -0.25) is 4.79 Å². The van der Waals surface area contributed by atoms with Gasteiger partial charge in [-0.25, -0.2) is 0 Å². The highest BCUT2D eigenvalue weighted by Crippen LogP contribution is 2.36. The van der Waals surface area contributed by atoms with Crippen molar-refractivity contribution in [1.82, 2.24) is 10.2 Å². The van der Waals surface area contributed by atoms with Gasteiger partial charge in [0.2, 0.25) is 0 Å². The summed E-state index contributed by atoms with van der Waals surface area (Å²) in [5, 5.41) is 3.25. The average Bonchev–Trinajstić information content (AvgIpc) is 3.46. The van der Waals surface area contributed by atoms with Crippen molar-refractivity contribution in [3.63, 3.8) is 0 Å². The number of hydrogen-bond acceptors (Lipinski definition) is 4. The number of carbonyl (C=O) groups is 1. The molecular weight excluding hydrogens is 304 g/mol. The van der Waals surface area contributed by atoms with E-state index in [1.807, 2.05) is 17.0 Å². The summed E-state index contributed by atoms with van der Waals surface area (Å²) >= 11 is 0. The molecule has 1 saturated carbocycles. The van der Waals surface area contributed by atoms with Crippen LogP contribution in [0.15, 0.2) is 24.3 Å². The molecule has 5 nitrogen and oxygen atoms in total. The molecule has 3 rings (SSSR count). The lowest BCUT2D eigenvalue weighted by Crippen LogP contribution is -2.50. The van der Waals surface area contributed by atoms with Crippen LogP contribution in [0.2, 0.25) is 0 Å². The van der Waals surface area contributed by atoms with E-state index in [9.17, 15) is 4.79 Å². The highest BCUT2D eigenvalue weighted by molar-refractivity contribution is 5.82. The molecule has 1 aliphatic heterocycles. The molecule has 1 aromatic rings. The van der Waals surface area contributed by atoms with Crippen molar-refractivity contribution in [3.05, 3.63) is 29.8 Å². The SMILES string of the molecule is CCCOc1cccc(C(C)N(C(=O)[C@H]2CNCCO2)C2CC2)c1. The summed E-state index contributed by atoms with van der Waals surface area (Å²) < 4.78 is 11.4. The first-order valence-corrected chi connectivity index (χ1v) is 9.08. The zero-order valence-corrected chi connectivity index (χ0v) is 14.7. The lowest BCUT2D eigenvalue weighted by Gasteiger charge is -2.34. The van der Waals surface area contributed by atoms with Crippen molar-refractivity contribution < 1.29 is 14.3 Å². The van der Waals surface area contributed by atoms with Crippen LogP contribution in [-0.2, 0) is 9.53 Å². The summed E-state index contributed by atoms with van der Waals surface area (Å²) in [6, 6.07) is 8.49. The van der Waals surface area contributed by atoms with E-state index in [0.29, 0.717) is 25.8 Å². The number of benzene rings is 1. The fourth-order valence-corrected chi connectivity index (χ4v) is 3.17. The third-order valence-electron chi connectivity index (χ3n) is 4.63. The first-order valence-electron chi connectivity index (χ1n) is 9.08. The molecule has 132 valence electrons. The Kier molecular flexibility index (Phi) is 5.74. The Hall–Kier alpha value is -1.59. The molecule has 1 amide bonds. The molecule has 1 N–H and O–H groups in total. The van der Waals surface area contributed by atoms with E-state index in [2.05, 4.69) is 31.3 Å². The molecule has 0 spiro atoms. The Morgan fingerprint density at radius 1 is 1.46 bits per heavy atom. The molecule has 1 saturated heterocycles. The first-order chi connectivity index (χ1) is 11.7. The predicted molar refractivity (Wildman–Crippen MR) is 93.1 cm³/mol. The minimum Gasteiger partial charge on any atom is -0.494 e. The van der Waals surface area contributed by atoms with Crippen LogP contribution >= 0.6 is 0 Å². The summed E-state index contributed by atoms with van der Waals surface area (Å²) in [5.41, 5.74) is 1.12. The number of carbonyl (C=O) groups excluding carboxylic acids is 1. The van der Waals surface area contributed by atoms with Crippen molar-refractivity contribution >= 4 is 5.91 Å². The van der Waals surface area contributed by atoms with E-state index in [4.69, 9.17) is 9.47 Å². The Balaban J connectivity index is 1.74. The van der Waals surface area contributed by atoms with Gasteiger partial charge in [0.1, 0.15) is 11.9 Å². The molecular formula is C19H28N2O3. The summed E-state index contributed by atoms with van der Waals surface area (Å²) in [6.45, 7) is 6.94. The van der Waals surface area contributed by atoms with Gasteiger partial charge in [0.05, 0.1) is 19.3 Å².